The highest BCUT2D eigenvalue weighted by Crippen LogP contribution is 2.53. The molecule has 0 aromatic carbocycles. The Kier molecular flexibility index (Phi) is 8.81. The number of hydrogen-bond donors (Lipinski definition) is 1. The fourth-order valence-electron chi connectivity index (χ4n) is 0.711. The summed E-state index contributed by atoms with van der Waals surface area (Å²) in [5, 5.41) is 0. The first-order chi connectivity index (χ1) is 7.91. The van der Waals surface area contributed by atoms with Gasteiger partial charge in [-0.25, -0.2) is 9.59 Å². The van der Waals surface area contributed by atoms with E-state index in [4.69, 9.17) is 20.9 Å². The first-order valence-electron chi connectivity index (χ1n) is 4.84. The van der Waals surface area contributed by atoms with Crippen LogP contribution in [0.25, 0.3) is 0 Å². The van der Waals surface area contributed by atoms with Crippen molar-refractivity contribution in [3.8, 4) is 0 Å². The first kappa shape index (κ1) is 16.9. The summed E-state index contributed by atoms with van der Waals surface area (Å²) in [5.41, 5.74) is -2.92. The van der Waals surface area contributed by atoms with Gasteiger partial charge in [-0.15, -0.1) is 0 Å². The third-order valence-corrected chi connectivity index (χ3v) is 3.54. The van der Waals surface area contributed by atoms with Gasteiger partial charge in [0.1, 0.15) is 0 Å². The molecule has 0 heterocycles. The van der Waals surface area contributed by atoms with E-state index >= 15 is 0 Å². The van der Waals surface area contributed by atoms with Crippen LogP contribution in [0.15, 0.2) is 0 Å². The van der Waals surface area contributed by atoms with E-state index in [9.17, 15) is 9.59 Å². The van der Waals surface area contributed by atoms with Crippen LogP contribution in [0.5, 0.6) is 0 Å². The third-order valence-electron chi connectivity index (χ3n) is 1.30. The molecule has 17 heavy (non-hydrogen) atoms. The van der Waals surface area contributed by atoms with Gasteiger partial charge in [-0.2, -0.15) is 0 Å². The lowest BCUT2D eigenvalue weighted by Gasteiger charge is -2.15. The maximum atomic E-state index is 11.0. The fraction of sp³-hybridized carbons (Fsp3) is 0.750. The molecule has 0 radical (unpaired) electrons. The second kappa shape index (κ2) is 8.88. The minimum absolute atomic E-state index is 0.251. The summed E-state index contributed by atoms with van der Waals surface area (Å²) >= 11 is 8.80. The van der Waals surface area contributed by atoms with E-state index in [1.54, 1.807) is 13.8 Å². The highest BCUT2D eigenvalue weighted by Gasteiger charge is 2.18. The number of rotatable bonds is 8. The second-order valence-electron chi connectivity index (χ2n) is 2.63. The fourth-order valence-corrected chi connectivity index (χ4v) is 1.99. The summed E-state index contributed by atoms with van der Waals surface area (Å²) in [6, 6.07) is 0. The van der Waals surface area contributed by atoms with Crippen molar-refractivity contribution in [3.05, 3.63) is 0 Å². The van der Waals surface area contributed by atoms with Crippen LogP contribution in [0.3, 0.4) is 0 Å². The van der Waals surface area contributed by atoms with Crippen molar-refractivity contribution < 1.29 is 28.1 Å². The summed E-state index contributed by atoms with van der Waals surface area (Å²) in [7, 11) is 0. The van der Waals surface area contributed by atoms with Crippen LogP contribution in [0, 0.1) is 0 Å². The van der Waals surface area contributed by atoms with Gasteiger partial charge in [-0.3, -0.25) is 0 Å². The maximum absolute atomic E-state index is 11.0. The number of carbonyl (C=O) groups is 2. The highest BCUT2D eigenvalue weighted by molar-refractivity contribution is 8.60. The maximum Gasteiger partial charge on any atom is 0.332 e. The van der Waals surface area contributed by atoms with Gasteiger partial charge in [0.25, 0.3) is 0 Å². The van der Waals surface area contributed by atoms with Crippen molar-refractivity contribution in [3.63, 3.8) is 0 Å². The van der Waals surface area contributed by atoms with E-state index in [1.165, 1.54) is 0 Å². The van der Waals surface area contributed by atoms with Gasteiger partial charge < -0.3 is 18.5 Å². The van der Waals surface area contributed by atoms with Gasteiger partial charge in [0.2, 0.25) is 5.69 Å². The average molecular weight is 302 g/mol. The van der Waals surface area contributed by atoms with Crippen molar-refractivity contribution in [2.75, 3.05) is 26.4 Å². The third kappa shape index (κ3) is 9.55. The van der Waals surface area contributed by atoms with Gasteiger partial charge in [0, 0.05) is 0 Å². The summed E-state index contributed by atoms with van der Waals surface area (Å²) in [6.45, 7) is 3.15. The smallest absolute Gasteiger partial charge is 0.332 e. The Hall–Kier alpha value is -0.140. The predicted octanol–water partition coefficient (Wildman–Crippen LogP) is 1.30. The van der Waals surface area contributed by atoms with Crippen molar-refractivity contribution in [2.24, 2.45) is 0 Å². The lowest BCUT2D eigenvalue weighted by molar-refractivity contribution is -0.145. The predicted molar refractivity (Wildman–Crippen MR) is 68.4 cm³/mol. The molecular formula is C8H15O6PS2. The molecule has 6 nitrogen and oxygen atoms in total. The van der Waals surface area contributed by atoms with Gasteiger partial charge in [-0.05, 0) is 25.7 Å². The van der Waals surface area contributed by atoms with Crippen LogP contribution in [0.1, 0.15) is 13.8 Å². The standard InChI is InChI=1S/C8H15O6PS2/c1-3-11-7(9)5-13-15(16,17)14-6-8(10)12-4-2/h3-6H2,1-2H3,(H,16,17). The highest BCUT2D eigenvalue weighted by atomic mass is 32.9. The molecule has 0 amide bonds. The minimum atomic E-state index is -2.92. The molecule has 0 aromatic heterocycles. The Morgan fingerprint density at radius 3 is 1.71 bits per heavy atom. The Balaban J connectivity index is 3.91. The summed E-state index contributed by atoms with van der Waals surface area (Å²) in [5.74, 6) is -1.12. The molecule has 0 atom stereocenters. The lowest BCUT2D eigenvalue weighted by Crippen LogP contribution is -2.13. The van der Waals surface area contributed by atoms with E-state index in [2.05, 4.69) is 21.7 Å². The van der Waals surface area contributed by atoms with E-state index in [0.29, 0.717) is 0 Å². The zero-order valence-corrected chi connectivity index (χ0v) is 12.2. The van der Waals surface area contributed by atoms with E-state index < -0.39 is 17.6 Å². The quantitative estimate of drug-likeness (QED) is 0.411. The van der Waals surface area contributed by atoms with E-state index in [1.807, 2.05) is 0 Å². The van der Waals surface area contributed by atoms with Gasteiger partial charge in [-0.1, -0.05) is 12.2 Å². The number of thiol groups is 1. The first-order valence-corrected chi connectivity index (χ1v) is 8.63. The normalized spacial score (nSPS) is 11.0. The molecule has 0 saturated heterocycles. The number of hydrogen-bond acceptors (Lipinski definition) is 7. The molecule has 0 fully saturated rings. The number of carbonyl (C=O) groups excluding carboxylic acids is 2. The summed E-state index contributed by atoms with van der Waals surface area (Å²) in [4.78, 5) is 21.9. The topological polar surface area (TPSA) is 71.1 Å². The molecule has 0 aliphatic carbocycles. The zero-order valence-electron chi connectivity index (χ0n) is 9.58. The molecule has 0 unspecified atom stereocenters. The van der Waals surface area contributed by atoms with E-state index in [-0.39, 0.29) is 26.4 Å². The van der Waals surface area contributed by atoms with Gasteiger partial charge >= 0.3 is 11.9 Å². The van der Waals surface area contributed by atoms with Crippen molar-refractivity contribution in [1.29, 1.82) is 0 Å². The van der Waals surface area contributed by atoms with Crippen molar-refractivity contribution in [2.45, 2.75) is 13.8 Å². The Morgan fingerprint density at radius 1 is 1.06 bits per heavy atom. The van der Waals surface area contributed by atoms with Crippen molar-refractivity contribution >= 4 is 41.7 Å². The van der Waals surface area contributed by atoms with Crippen LogP contribution >= 0.6 is 17.9 Å². The van der Waals surface area contributed by atoms with Crippen LogP contribution in [0.4, 0.5) is 0 Å². The molecule has 0 aliphatic rings. The molecule has 0 N–H and O–H groups in total. The number of esters is 2. The molecule has 0 aromatic rings. The van der Waals surface area contributed by atoms with Crippen LogP contribution < -0.4 is 0 Å². The molecule has 0 bridgehead atoms. The molecular weight excluding hydrogens is 287 g/mol. The molecule has 9 heteroatoms. The largest absolute Gasteiger partial charge is 0.464 e. The minimum Gasteiger partial charge on any atom is -0.464 e. The van der Waals surface area contributed by atoms with Gasteiger partial charge in [0.05, 0.1) is 13.2 Å². The molecule has 0 saturated carbocycles. The summed E-state index contributed by atoms with van der Waals surface area (Å²) < 4.78 is 19.2. The average Bonchev–Trinajstić information content (AvgIpc) is 2.25. The Labute approximate surface area is 110 Å². The van der Waals surface area contributed by atoms with Crippen LogP contribution in [-0.4, -0.2) is 38.4 Å². The van der Waals surface area contributed by atoms with Crippen LogP contribution in [0.2, 0.25) is 0 Å². The second-order valence-corrected chi connectivity index (χ2v) is 7.91. The molecule has 0 rings (SSSR count). The number of ether oxygens (including phenoxy) is 2. The molecule has 0 spiro atoms. The van der Waals surface area contributed by atoms with Gasteiger partial charge in [0.15, 0.2) is 13.2 Å². The Bertz CT molecular complexity index is 282. The zero-order chi connectivity index (χ0) is 13.3. The Morgan fingerprint density at radius 2 is 1.41 bits per heavy atom. The molecule has 0 aliphatic heterocycles. The summed E-state index contributed by atoms with van der Waals surface area (Å²) in [6.07, 6.45) is 0. The monoisotopic (exact) mass is 302 g/mol. The lowest BCUT2D eigenvalue weighted by atomic mass is 10.7. The van der Waals surface area contributed by atoms with E-state index in [0.717, 1.165) is 0 Å². The SMILES string of the molecule is CCOC(=O)COP(=S)(S)OCC(=O)OCC. The van der Waals surface area contributed by atoms with Crippen molar-refractivity contribution in [1.82, 2.24) is 0 Å². The molecule has 100 valence electrons. The van der Waals surface area contributed by atoms with Crippen LogP contribution in [-0.2, 0) is 39.9 Å².